The van der Waals surface area contributed by atoms with E-state index in [0.717, 1.165) is 85.8 Å². The van der Waals surface area contributed by atoms with Gasteiger partial charge in [-0.3, -0.25) is 20.1 Å². The average Bonchev–Trinajstić information content (AvgIpc) is 3.71. The number of nitrogens with one attached hydrogen (secondary N) is 3. The Morgan fingerprint density at radius 1 is 0.900 bits per heavy atom. The summed E-state index contributed by atoms with van der Waals surface area (Å²) in [5.41, 5.74) is 8.69. The van der Waals surface area contributed by atoms with Gasteiger partial charge in [-0.15, -0.1) is 0 Å². The number of pyridine rings is 3. The molecule has 1 aliphatic carbocycles. The van der Waals surface area contributed by atoms with E-state index in [9.17, 15) is 4.39 Å². The van der Waals surface area contributed by atoms with Crippen LogP contribution in [0.3, 0.4) is 0 Å². The summed E-state index contributed by atoms with van der Waals surface area (Å²) >= 11 is 0. The number of aromatic nitrogens is 6. The second-order valence-corrected chi connectivity index (χ2v) is 10.9. The fourth-order valence-corrected chi connectivity index (χ4v) is 5.92. The first-order chi connectivity index (χ1) is 19.6. The second kappa shape index (κ2) is 10.3. The van der Waals surface area contributed by atoms with Gasteiger partial charge in [-0.25, -0.2) is 4.39 Å². The molecule has 1 aromatic carbocycles. The molecule has 0 radical (unpaired) electrons. The SMILES string of the molecule is Cc1cc(F)cc(-c2nccc3[nH]c(-c4n[nH]c5cnc(-c6cncc(CNCC7CCCC7)c6)cc45)cc23)c1. The first-order valence-electron chi connectivity index (χ1n) is 13.9. The van der Waals surface area contributed by atoms with Gasteiger partial charge in [0.2, 0.25) is 0 Å². The minimum absolute atomic E-state index is 0.272. The van der Waals surface area contributed by atoms with E-state index < -0.39 is 0 Å². The molecule has 6 aromatic rings. The maximum absolute atomic E-state index is 14.2. The summed E-state index contributed by atoms with van der Waals surface area (Å²) in [5, 5.41) is 13.2. The van der Waals surface area contributed by atoms with Gasteiger partial charge in [0.15, 0.2) is 0 Å². The van der Waals surface area contributed by atoms with Crippen LogP contribution >= 0.6 is 0 Å². The highest BCUT2D eigenvalue weighted by atomic mass is 19.1. The highest BCUT2D eigenvalue weighted by molar-refractivity contribution is 6.00. The van der Waals surface area contributed by atoms with Gasteiger partial charge in [-0.05, 0) is 85.8 Å². The Balaban J connectivity index is 1.21. The zero-order chi connectivity index (χ0) is 27.1. The van der Waals surface area contributed by atoms with E-state index in [1.54, 1.807) is 6.20 Å². The molecule has 0 bridgehead atoms. The predicted molar refractivity (Wildman–Crippen MR) is 156 cm³/mol. The standard InChI is InChI=1S/C32H30FN7/c1-19-8-22(11-24(33)9-19)31-25-13-29(38-27(25)6-7-36-31)32-26-12-28(37-18-30(26)39-40-32)23-10-21(16-35-17-23)15-34-14-20-4-2-3-5-20/h6-13,16-18,20,34,38H,2-5,14-15H2,1H3,(H,39,40). The highest BCUT2D eigenvalue weighted by Gasteiger charge is 2.17. The van der Waals surface area contributed by atoms with Crippen molar-refractivity contribution in [2.45, 2.75) is 39.2 Å². The van der Waals surface area contributed by atoms with Crippen molar-refractivity contribution in [3.63, 3.8) is 0 Å². The number of aromatic amines is 2. The first-order valence-corrected chi connectivity index (χ1v) is 13.9. The lowest BCUT2D eigenvalue weighted by atomic mass is 10.0. The molecule has 0 spiro atoms. The summed E-state index contributed by atoms with van der Waals surface area (Å²) in [4.78, 5) is 17.3. The lowest BCUT2D eigenvalue weighted by molar-refractivity contribution is 0.489. The van der Waals surface area contributed by atoms with Crippen LogP contribution in [0.4, 0.5) is 4.39 Å². The predicted octanol–water partition coefficient (Wildman–Crippen LogP) is 6.96. The smallest absolute Gasteiger partial charge is 0.124 e. The zero-order valence-corrected chi connectivity index (χ0v) is 22.3. The molecule has 5 heterocycles. The topological polar surface area (TPSA) is 95.2 Å². The first kappa shape index (κ1) is 24.6. The molecule has 1 fully saturated rings. The number of nitrogens with zero attached hydrogens (tertiary/aromatic N) is 4. The monoisotopic (exact) mass is 531 g/mol. The zero-order valence-electron chi connectivity index (χ0n) is 22.3. The van der Waals surface area contributed by atoms with E-state index in [-0.39, 0.29) is 5.82 Å². The number of rotatable bonds is 7. The number of aryl methyl sites for hydroxylation is 1. The van der Waals surface area contributed by atoms with E-state index >= 15 is 0 Å². The molecular formula is C32H30FN7. The summed E-state index contributed by atoms with van der Waals surface area (Å²) in [7, 11) is 0. The van der Waals surface area contributed by atoms with Crippen LogP contribution in [0.15, 0.2) is 67.3 Å². The minimum Gasteiger partial charge on any atom is -0.353 e. The lowest BCUT2D eigenvalue weighted by Gasteiger charge is -2.11. The molecule has 200 valence electrons. The quantitative estimate of drug-likeness (QED) is 0.207. The van der Waals surface area contributed by atoms with E-state index in [2.05, 4.69) is 42.6 Å². The van der Waals surface area contributed by atoms with Gasteiger partial charge in [0.25, 0.3) is 0 Å². The average molecular weight is 532 g/mol. The molecule has 0 atom stereocenters. The van der Waals surface area contributed by atoms with Gasteiger partial charge in [0.1, 0.15) is 11.5 Å². The molecule has 0 saturated heterocycles. The highest BCUT2D eigenvalue weighted by Crippen LogP contribution is 2.34. The molecule has 5 aromatic heterocycles. The molecule has 0 amide bonds. The van der Waals surface area contributed by atoms with Gasteiger partial charge in [0.05, 0.1) is 28.8 Å². The number of benzene rings is 1. The van der Waals surface area contributed by atoms with Gasteiger partial charge >= 0.3 is 0 Å². The summed E-state index contributed by atoms with van der Waals surface area (Å²) in [5.74, 6) is 0.528. The van der Waals surface area contributed by atoms with Crippen LogP contribution in [0.25, 0.3) is 55.7 Å². The van der Waals surface area contributed by atoms with Gasteiger partial charge < -0.3 is 10.3 Å². The fraction of sp³-hybridized carbons (Fsp3) is 0.250. The maximum atomic E-state index is 14.2. The number of fused-ring (bicyclic) bond motifs is 2. The van der Waals surface area contributed by atoms with Crippen LogP contribution in [0.5, 0.6) is 0 Å². The van der Waals surface area contributed by atoms with Gasteiger partial charge in [-0.2, -0.15) is 5.10 Å². The normalized spacial score (nSPS) is 14.1. The Morgan fingerprint density at radius 3 is 2.65 bits per heavy atom. The number of H-pyrrole nitrogens is 2. The lowest BCUT2D eigenvalue weighted by Crippen LogP contribution is -2.20. The molecule has 7 nitrogen and oxygen atoms in total. The third kappa shape index (κ3) is 4.75. The Morgan fingerprint density at radius 2 is 1.77 bits per heavy atom. The van der Waals surface area contributed by atoms with Crippen molar-refractivity contribution < 1.29 is 4.39 Å². The maximum Gasteiger partial charge on any atom is 0.124 e. The van der Waals surface area contributed by atoms with E-state index in [0.29, 0.717) is 0 Å². The van der Waals surface area contributed by atoms with Crippen molar-refractivity contribution in [3.05, 3.63) is 84.2 Å². The van der Waals surface area contributed by atoms with Crippen LogP contribution in [0, 0.1) is 18.7 Å². The summed E-state index contributed by atoms with van der Waals surface area (Å²) in [6.45, 7) is 3.75. The summed E-state index contributed by atoms with van der Waals surface area (Å²) in [6, 6.07) is 13.2. The number of halogens is 1. The van der Waals surface area contributed by atoms with Gasteiger partial charge in [0, 0.05) is 52.6 Å². The molecule has 0 aliphatic heterocycles. The Kier molecular flexibility index (Phi) is 6.32. The third-order valence-corrected chi connectivity index (χ3v) is 7.89. The van der Waals surface area contributed by atoms with E-state index in [1.165, 1.54) is 37.8 Å². The third-order valence-electron chi connectivity index (χ3n) is 7.89. The van der Waals surface area contributed by atoms with Gasteiger partial charge in [-0.1, -0.05) is 12.8 Å². The van der Waals surface area contributed by atoms with E-state index in [1.807, 2.05) is 43.7 Å². The fourth-order valence-electron chi connectivity index (χ4n) is 5.92. The van der Waals surface area contributed by atoms with Crippen molar-refractivity contribution in [1.29, 1.82) is 0 Å². The summed E-state index contributed by atoms with van der Waals surface area (Å²) < 4.78 is 14.2. The molecular weight excluding hydrogens is 501 g/mol. The Hall–Kier alpha value is -4.43. The Labute approximate surface area is 231 Å². The molecule has 1 aliphatic rings. The molecule has 8 heteroatoms. The van der Waals surface area contributed by atoms with Crippen LogP contribution in [-0.2, 0) is 6.54 Å². The largest absolute Gasteiger partial charge is 0.353 e. The van der Waals surface area contributed by atoms with Crippen molar-refractivity contribution >= 4 is 21.8 Å². The number of hydrogen-bond acceptors (Lipinski definition) is 5. The molecule has 0 unspecified atom stereocenters. The Bertz CT molecular complexity index is 1810. The van der Waals surface area contributed by atoms with Crippen LogP contribution in [0.1, 0.15) is 36.8 Å². The minimum atomic E-state index is -0.272. The van der Waals surface area contributed by atoms with E-state index in [4.69, 9.17) is 4.98 Å². The second-order valence-electron chi connectivity index (χ2n) is 10.9. The van der Waals surface area contributed by atoms with Crippen LogP contribution in [0.2, 0.25) is 0 Å². The van der Waals surface area contributed by atoms with Crippen LogP contribution < -0.4 is 5.32 Å². The molecule has 3 N–H and O–H groups in total. The van der Waals surface area contributed by atoms with Crippen molar-refractivity contribution in [2.75, 3.05) is 6.54 Å². The molecule has 40 heavy (non-hydrogen) atoms. The van der Waals surface area contributed by atoms with Crippen molar-refractivity contribution in [2.24, 2.45) is 5.92 Å². The number of hydrogen-bond donors (Lipinski definition) is 3. The van der Waals surface area contributed by atoms with Crippen LogP contribution in [-0.4, -0.2) is 36.7 Å². The summed E-state index contributed by atoms with van der Waals surface area (Å²) in [6.07, 6.45) is 12.7. The molecule has 7 rings (SSSR count). The van der Waals surface area contributed by atoms with Crippen molar-refractivity contribution in [3.8, 4) is 33.9 Å². The van der Waals surface area contributed by atoms with Crippen molar-refractivity contribution in [1.82, 2.24) is 35.5 Å². The molecule has 1 saturated carbocycles.